The van der Waals surface area contributed by atoms with Crippen LogP contribution in [0.2, 0.25) is 5.28 Å². The number of nitrogens with zero attached hydrogens (tertiary/aromatic N) is 4. The van der Waals surface area contributed by atoms with Crippen LogP contribution in [0.4, 0.5) is 0 Å². The molecule has 2 aromatic heterocycles. The fourth-order valence-electron chi connectivity index (χ4n) is 1.61. The number of aromatic amines is 1. The molecule has 2 heterocycles. The van der Waals surface area contributed by atoms with Gasteiger partial charge in [0.05, 0.1) is 5.69 Å². The lowest BCUT2D eigenvalue weighted by Crippen LogP contribution is -2.20. The quantitative estimate of drug-likeness (QED) is 0.635. The highest BCUT2D eigenvalue weighted by atomic mass is 35.5. The molecule has 1 aromatic carbocycles. The molecule has 0 unspecified atom stereocenters. The van der Waals surface area contributed by atoms with Crippen molar-refractivity contribution in [2.75, 3.05) is 0 Å². The number of nitrogens with one attached hydrogen (secondary N) is 2. The molecule has 7 heteroatoms. The van der Waals surface area contributed by atoms with Crippen LogP contribution in [0.5, 0.6) is 0 Å². The van der Waals surface area contributed by atoms with E-state index in [0.29, 0.717) is 11.2 Å². The van der Waals surface area contributed by atoms with Crippen molar-refractivity contribution in [3.8, 4) is 5.69 Å². The lowest BCUT2D eigenvalue weighted by molar-refractivity contribution is 0.904. The van der Waals surface area contributed by atoms with E-state index in [-0.39, 0.29) is 10.8 Å². The van der Waals surface area contributed by atoms with Crippen molar-refractivity contribution >= 4 is 22.8 Å². The second kappa shape index (κ2) is 3.67. The summed E-state index contributed by atoms with van der Waals surface area (Å²) in [6, 6.07) is 9.31. The van der Waals surface area contributed by atoms with Crippen LogP contribution < -0.4 is 5.49 Å². The van der Waals surface area contributed by atoms with Crippen LogP contribution in [0.15, 0.2) is 30.3 Å². The minimum absolute atomic E-state index is 0.153. The SMILES string of the molecule is N=c1c2n[nH]nc2nc(Cl)n1-c1ccccc1. The van der Waals surface area contributed by atoms with E-state index in [1.54, 1.807) is 0 Å². The summed E-state index contributed by atoms with van der Waals surface area (Å²) in [5.74, 6) is 0. The van der Waals surface area contributed by atoms with Gasteiger partial charge in [-0.3, -0.25) is 9.98 Å². The fraction of sp³-hybridized carbons (Fsp3) is 0. The summed E-state index contributed by atoms with van der Waals surface area (Å²) >= 11 is 6.05. The van der Waals surface area contributed by atoms with Gasteiger partial charge in [0, 0.05) is 0 Å². The van der Waals surface area contributed by atoms with Crippen molar-refractivity contribution in [3.05, 3.63) is 41.1 Å². The summed E-state index contributed by atoms with van der Waals surface area (Å²) in [7, 11) is 0. The van der Waals surface area contributed by atoms with Crippen molar-refractivity contribution in [1.29, 1.82) is 5.41 Å². The van der Waals surface area contributed by atoms with E-state index in [9.17, 15) is 0 Å². The molecule has 6 nitrogen and oxygen atoms in total. The first-order chi connectivity index (χ1) is 8.27. The molecule has 0 saturated heterocycles. The molecule has 0 atom stereocenters. The average Bonchev–Trinajstić information content (AvgIpc) is 2.78. The molecule has 0 aliphatic carbocycles. The van der Waals surface area contributed by atoms with Crippen LogP contribution in [0.3, 0.4) is 0 Å². The van der Waals surface area contributed by atoms with Crippen LogP contribution in [-0.2, 0) is 0 Å². The van der Waals surface area contributed by atoms with Crippen molar-refractivity contribution in [1.82, 2.24) is 25.0 Å². The Morgan fingerprint density at radius 3 is 2.71 bits per heavy atom. The van der Waals surface area contributed by atoms with E-state index in [1.807, 2.05) is 30.3 Å². The van der Waals surface area contributed by atoms with Crippen LogP contribution in [0.1, 0.15) is 0 Å². The smallest absolute Gasteiger partial charge is 0.211 e. The molecule has 0 amide bonds. The Morgan fingerprint density at radius 2 is 1.94 bits per heavy atom. The van der Waals surface area contributed by atoms with E-state index in [1.165, 1.54) is 4.57 Å². The molecular weight excluding hydrogens is 240 g/mol. The summed E-state index contributed by atoms with van der Waals surface area (Å²) in [6.45, 7) is 0. The number of aromatic nitrogens is 5. The zero-order valence-electron chi connectivity index (χ0n) is 8.55. The molecule has 0 saturated carbocycles. The molecule has 0 radical (unpaired) electrons. The largest absolute Gasteiger partial charge is 0.282 e. The highest BCUT2D eigenvalue weighted by molar-refractivity contribution is 6.28. The first-order valence-electron chi connectivity index (χ1n) is 4.86. The standard InChI is InChI=1S/C10H7ClN6/c11-10-13-9-7(14-16-15-9)8(12)17(10)6-4-2-1-3-5-6/h1-5,12H,(H,14,15,16). The van der Waals surface area contributed by atoms with Gasteiger partial charge in [-0.15, -0.1) is 5.10 Å². The second-order valence-corrected chi connectivity index (χ2v) is 3.73. The molecule has 2 N–H and O–H groups in total. The summed E-state index contributed by atoms with van der Waals surface area (Å²) in [6.07, 6.45) is 0. The number of H-pyrrole nitrogens is 1. The third-order valence-corrected chi connectivity index (χ3v) is 2.63. The molecular formula is C10H7ClN6. The molecule has 17 heavy (non-hydrogen) atoms. The molecule has 0 aliphatic heterocycles. The third kappa shape index (κ3) is 1.50. The molecule has 0 bridgehead atoms. The van der Waals surface area contributed by atoms with Crippen molar-refractivity contribution in [2.45, 2.75) is 0 Å². The minimum atomic E-state index is 0.153. The van der Waals surface area contributed by atoms with Gasteiger partial charge in [0.1, 0.15) is 0 Å². The monoisotopic (exact) mass is 246 g/mol. The topological polar surface area (TPSA) is 83.2 Å². The maximum atomic E-state index is 8.05. The Labute approximate surface area is 100 Å². The molecule has 0 fully saturated rings. The van der Waals surface area contributed by atoms with Gasteiger partial charge in [0.25, 0.3) is 0 Å². The minimum Gasteiger partial charge on any atom is -0.282 e. The summed E-state index contributed by atoms with van der Waals surface area (Å²) in [4.78, 5) is 4.08. The predicted molar refractivity (Wildman–Crippen MR) is 61.9 cm³/mol. The molecule has 0 aliphatic rings. The number of benzene rings is 1. The number of fused-ring (bicyclic) bond motifs is 1. The first kappa shape index (κ1) is 9.98. The number of hydrogen-bond acceptors (Lipinski definition) is 4. The van der Waals surface area contributed by atoms with E-state index in [0.717, 1.165) is 5.69 Å². The second-order valence-electron chi connectivity index (χ2n) is 3.40. The van der Waals surface area contributed by atoms with Gasteiger partial charge >= 0.3 is 0 Å². The van der Waals surface area contributed by atoms with Gasteiger partial charge < -0.3 is 0 Å². The first-order valence-corrected chi connectivity index (χ1v) is 5.24. The van der Waals surface area contributed by atoms with Gasteiger partial charge in [-0.25, -0.2) is 0 Å². The van der Waals surface area contributed by atoms with Crippen LogP contribution in [0, 0.1) is 5.41 Å². The number of halogens is 1. The van der Waals surface area contributed by atoms with Crippen LogP contribution in [0.25, 0.3) is 16.9 Å². The van der Waals surface area contributed by atoms with Crippen molar-refractivity contribution < 1.29 is 0 Å². The Kier molecular flexibility index (Phi) is 2.15. The average molecular weight is 247 g/mol. The van der Waals surface area contributed by atoms with Crippen molar-refractivity contribution in [2.24, 2.45) is 0 Å². The summed E-state index contributed by atoms with van der Waals surface area (Å²) in [5, 5.41) is 18.4. The highest BCUT2D eigenvalue weighted by Crippen LogP contribution is 2.13. The van der Waals surface area contributed by atoms with Crippen LogP contribution >= 0.6 is 11.6 Å². The van der Waals surface area contributed by atoms with Crippen LogP contribution in [-0.4, -0.2) is 25.0 Å². The van der Waals surface area contributed by atoms with E-state index in [4.69, 9.17) is 17.0 Å². The maximum absolute atomic E-state index is 8.05. The lowest BCUT2D eigenvalue weighted by atomic mass is 10.3. The van der Waals surface area contributed by atoms with Gasteiger partial charge in [0.2, 0.25) is 10.9 Å². The third-order valence-electron chi connectivity index (χ3n) is 2.37. The lowest BCUT2D eigenvalue weighted by Gasteiger charge is -2.07. The molecule has 84 valence electrons. The zero-order valence-corrected chi connectivity index (χ0v) is 9.31. The fourth-order valence-corrected chi connectivity index (χ4v) is 1.87. The highest BCUT2D eigenvalue weighted by Gasteiger charge is 2.10. The number of para-hydroxylation sites is 1. The number of hydrogen-bond donors (Lipinski definition) is 2. The summed E-state index contributed by atoms with van der Waals surface area (Å²) < 4.78 is 1.51. The Morgan fingerprint density at radius 1 is 1.18 bits per heavy atom. The van der Waals surface area contributed by atoms with Crippen molar-refractivity contribution in [3.63, 3.8) is 0 Å². The van der Waals surface area contributed by atoms with E-state index < -0.39 is 0 Å². The van der Waals surface area contributed by atoms with E-state index in [2.05, 4.69) is 20.4 Å². The van der Waals surface area contributed by atoms with Gasteiger partial charge in [-0.05, 0) is 23.7 Å². The summed E-state index contributed by atoms with van der Waals surface area (Å²) in [5.41, 5.74) is 1.64. The number of rotatable bonds is 1. The molecule has 0 spiro atoms. The normalized spacial score (nSPS) is 10.9. The van der Waals surface area contributed by atoms with Gasteiger partial charge in [-0.2, -0.15) is 15.3 Å². The van der Waals surface area contributed by atoms with E-state index >= 15 is 0 Å². The molecule has 3 rings (SSSR count). The van der Waals surface area contributed by atoms with Gasteiger partial charge in [0.15, 0.2) is 11.0 Å². The maximum Gasteiger partial charge on any atom is 0.211 e. The predicted octanol–water partition coefficient (Wildman–Crippen LogP) is 1.28. The zero-order chi connectivity index (χ0) is 11.8. The van der Waals surface area contributed by atoms with Gasteiger partial charge in [-0.1, -0.05) is 18.2 Å². The Bertz CT molecular complexity index is 729. The Balaban J connectivity index is 2.40. The molecule has 3 aromatic rings. The Hall–Kier alpha value is -2.21.